The third-order valence-corrected chi connectivity index (χ3v) is 11.9. The Hall–Kier alpha value is -7.41. The van der Waals surface area contributed by atoms with Gasteiger partial charge in [0.25, 0.3) is 0 Å². The Morgan fingerprint density at radius 2 is 0.982 bits per heavy atom. The van der Waals surface area contributed by atoms with Crippen LogP contribution in [0.15, 0.2) is 188 Å². The van der Waals surface area contributed by atoms with Crippen LogP contribution in [-0.4, -0.2) is 24.1 Å². The molecule has 0 N–H and O–H groups in total. The van der Waals surface area contributed by atoms with E-state index in [1.54, 1.807) is 23.5 Å². The van der Waals surface area contributed by atoms with Gasteiger partial charge in [-0.05, 0) is 48.5 Å². The second-order valence-electron chi connectivity index (χ2n) is 13.9. The summed E-state index contributed by atoms with van der Waals surface area (Å²) >= 11 is 1.62. The fourth-order valence-corrected chi connectivity index (χ4v) is 9.34. The van der Waals surface area contributed by atoms with Crippen LogP contribution in [0, 0.1) is 0 Å². The van der Waals surface area contributed by atoms with Gasteiger partial charge >= 0.3 is 0 Å². The third-order valence-electron chi connectivity index (χ3n) is 10.7. The van der Waals surface area contributed by atoms with Crippen LogP contribution in [0.4, 0.5) is 0 Å². The molecule has 0 saturated carbocycles. The Bertz CT molecular complexity index is 3810. The lowest BCUT2D eigenvalue weighted by Gasteiger charge is -2.13. The molecule has 266 valence electrons. The van der Waals surface area contributed by atoms with Gasteiger partial charge in [0.1, 0.15) is 0 Å². The number of hydrogen-bond donors (Lipinski definition) is 0. The van der Waals surface area contributed by atoms with Crippen LogP contribution in [0.5, 0.6) is 0 Å². The predicted molar refractivity (Wildman–Crippen MR) is 238 cm³/mol. The molecule has 0 aliphatic heterocycles. The van der Waals surface area contributed by atoms with Gasteiger partial charge in [0, 0.05) is 59.4 Å². The van der Waals surface area contributed by atoms with Crippen molar-refractivity contribution >= 4 is 75.1 Å². The smallest absolute Gasteiger partial charge is 0.164 e. The number of hydrogen-bond acceptors (Lipinski definition) is 4. The van der Waals surface area contributed by atoms with Crippen molar-refractivity contribution < 1.29 is 8.22 Å². The first kappa shape index (κ1) is 26.4. The lowest BCUT2D eigenvalue weighted by Crippen LogP contribution is -2.00. The maximum atomic E-state index is 9.62. The summed E-state index contributed by atoms with van der Waals surface area (Å²) < 4.78 is 61.1. The molecule has 0 aliphatic carbocycles. The van der Waals surface area contributed by atoms with Crippen molar-refractivity contribution in [1.82, 2.24) is 24.1 Å². The molecule has 8 aromatic carbocycles. The number of thiophene rings is 1. The largest absolute Gasteiger partial charge is 0.307 e. The van der Waals surface area contributed by atoms with Crippen LogP contribution in [0.3, 0.4) is 0 Å². The summed E-state index contributed by atoms with van der Waals surface area (Å²) in [6.07, 6.45) is 0. The van der Waals surface area contributed by atoms with Crippen LogP contribution in [0.25, 0.3) is 109 Å². The average molecular weight is 752 g/mol. The third kappa shape index (κ3) is 4.91. The van der Waals surface area contributed by atoms with Gasteiger partial charge in [-0.1, -0.05) is 139 Å². The maximum Gasteiger partial charge on any atom is 0.164 e. The first-order valence-corrected chi connectivity index (χ1v) is 19.4. The van der Waals surface area contributed by atoms with Crippen molar-refractivity contribution in [2.45, 2.75) is 0 Å². The number of rotatable bonds is 5. The van der Waals surface area contributed by atoms with Crippen LogP contribution in [0.1, 0.15) is 8.22 Å². The van der Waals surface area contributed by atoms with Crippen LogP contribution >= 0.6 is 11.3 Å². The van der Waals surface area contributed by atoms with E-state index in [1.165, 1.54) is 12.1 Å². The van der Waals surface area contributed by atoms with Gasteiger partial charge in [0.05, 0.1) is 40.7 Å². The van der Waals surface area contributed by atoms with Gasteiger partial charge in [0.2, 0.25) is 0 Å². The molecule has 0 saturated heterocycles. The van der Waals surface area contributed by atoms with Crippen molar-refractivity contribution in [3.63, 3.8) is 0 Å². The molecule has 6 heteroatoms. The molecule has 0 unspecified atom stereocenters. The highest BCUT2D eigenvalue weighted by Gasteiger charge is 2.23. The Morgan fingerprint density at radius 1 is 0.421 bits per heavy atom. The summed E-state index contributed by atoms with van der Waals surface area (Å²) in [5.41, 5.74) is 6.33. The number of aromatic nitrogens is 5. The second kappa shape index (κ2) is 12.6. The van der Waals surface area contributed by atoms with Crippen LogP contribution in [0.2, 0.25) is 0 Å². The van der Waals surface area contributed by atoms with Crippen molar-refractivity contribution in [2.75, 3.05) is 0 Å². The molecular formula is C51H31N5S. The van der Waals surface area contributed by atoms with E-state index in [0.717, 1.165) is 48.2 Å². The van der Waals surface area contributed by atoms with E-state index in [9.17, 15) is 5.48 Å². The van der Waals surface area contributed by atoms with Gasteiger partial charge in [-0.2, -0.15) is 0 Å². The molecule has 0 radical (unpaired) electrons. The Balaban J connectivity index is 1.18. The quantitative estimate of drug-likeness (QED) is 0.176. The van der Waals surface area contributed by atoms with Crippen LogP contribution < -0.4 is 0 Å². The van der Waals surface area contributed by atoms with Gasteiger partial charge in [-0.3, -0.25) is 0 Å². The Kier molecular flexibility index (Phi) is 5.82. The van der Waals surface area contributed by atoms with Crippen LogP contribution in [-0.2, 0) is 0 Å². The highest BCUT2D eigenvalue weighted by Crippen LogP contribution is 2.45. The molecule has 0 aliphatic rings. The van der Waals surface area contributed by atoms with Crippen molar-refractivity contribution in [3.8, 4) is 45.5 Å². The number of para-hydroxylation sites is 3. The summed E-state index contributed by atoms with van der Waals surface area (Å²) in [4.78, 5) is 14.9. The maximum absolute atomic E-state index is 9.62. The van der Waals surface area contributed by atoms with E-state index >= 15 is 0 Å². The van der Waals surface area contributed by atoms with E-state index in [4.69, 9.17) is 17.7 Å². The molecule has 0 atom stereocenters. The molecule has 0 fully saturated rings. The van der Waals surface area contributed by atoms with Crippen molar-refractivity contribution in [3.05, 3.63) is 188 Å². The van der Waals surface area contributed by atoms with Gasteiger partial charge in [-0.15, -0.1) is 11.3 Å². The van der Waals surface area contributed by atoms with Gasteiger partial charge in [-0.25, -0.2) is 15.0 Å². The average Bonchev–Trinajstić information content (AvgIpc) is 3.97. The molecule has 0 bridgehead atoms. The zero-order chi connectivity index (χ0) is 42.7. The molecule has 12 rings (SSSR count). The summed E-state index contributed by atoms with van der Waals surface area (Å²) in [6, 6.07) is 48.6. The molecule has 12 aromatic rings. The van der Waals surface area contributed by atoms with E-state index in [0.29, 0.717) is 61.1 Å². The van der Waals surface area contributed by atoms with E-state index in [2.05, 4.69) is 18.2 Å². The molecule has 57 heavy (non-hydrogen) atoms. The summed E-state index contributed by atoms with van der Waals surface area (Å²) in [5.74, 6) is 1.69. The zero-order valence-corrected chi connectivity index (χ0v) is 30.9. The molecule has 0 amide bonds. The summed E-state index contributed by atoms with van der Waals surface area (Å²) in [5, 5.41) is 3.93. The monoisotopic (exact) mass is 751 g/mol. The minimum absolute atomic E-state index is 0.0417. The van der Waals surface area contributed by atoms with E-state index in [1.807, 2.05) is 118 Å². The first-order chi connectivity index (χ1) is 30.7. The molecule has 4 heterocycles. The SMILES string of the molecule is [2H]c1cc([2H])c2c(c1)c1c([2H])c([2H])c3c4cc([2H])cc([2H])c4n(-c4cccc5c4sc4ccc(-c6nc(-c7ccccc7)nc(-c7ccccc7)n6)cc45)c3c1n2-c1ccccc1. The minimum atomic E-state index is -0.0458. The highest BCUT2D eigenvalue weighted by atomic mass is 32.1. The normalized spacial score (nSPS) is 13.3. The molecule has 0 spiro atoms. The van der Waals surface area contributed by atoms with Gasteiger partial charge in [0.15, 0.2) is 17.5 Å². The second-order valence-corrected chi connectivity index (χ2v) is 15.0. The molecular weight excluding hydrogens is 715 g/mol. The van der Waals surface area contributed by atoms with Crippen molar-refractivity contribution in [1.29, 1.82) is 0 Å². The summed E-state index contributed by atoms with van der Waals surface area (Å²) in [6.45, 7) is 0. The number of fused-ring (bicyclic) bond motifs is 10. The standard InChI is InChI=1S/C51H31N5S/c1-4-15-32(16-5-1)49-52-50(33-17-6-2-7-18-33)54-51(53-49)34-27-30-45-41(31-34)40-23-14-26-44(48(40)57-45)56-43-25-13-11-22-37(43)39-29-28-38-36-21-10-12-24-42(36)55(46(38)47(39)56)35-19-8-3-9-20-35/h1-31H/i10D,11D,24D,25D,28D,29D. The lowest BCUT2D eigenvalue weighted by molar-refractivity contribution is 1.07. The lowest BCUT2D eigenvalue weighted by atomic mass is 10.1. The Labute approximate surface area is 339 Å². The van der Waals surface area contributed by atoms with E-state index < -0.39 is 0 Å². The van der Waals surface area contributed by atoms with Gasteiger partial charge < -0.3 is 9.13 Å². The fraction of sp³-hybridized carbons (Fsp3) is 0. The molecule has 5 nitrogen and oxygen atoms in total. The molecule has 4 aromatic heterocycles. The van der Waals surface area contributed by atoms with E-state index in [-0.39, 0.29) is 36.3 Å². The topological polar surface area (TPSA) is 48.5 Å². The van der Waals surface area contributed by atoms with Crippen molar-refractivity contribution in [2.24, 2.45) is 0 Å². The number of nitrogens with zero attached hydrogens (tertiary/aromatic N) is 5. The fourth-order valence-electron chi connectivity index (χ4n) is 8.16. The number of benzene rings is 8. The summed E-state index contributed by atoms with van der Waals surface area (Å²) in [7, 11) is 0. The minimum Gasteiger partial charge on any atom is -0.307 e. The highest BCUT2D eigenvalue weighted by molar-refractivity contribution is 7.26. The zero-order valence-electron chi connectivity index (χ0n) is 36.1. The predicted octanol–water partition coefficient (Wildman–Crippen LogP) is 13.4. The Morgan fingerprint density at radius 3 is 1.61 bits per heavy atom. The first-order valence-electron chi connectivity index (χ1n) is 21.6.